The van der Waals surface area contributed by atoms with Crippen LogP contribution >= 0.6 is 0 Å². The first-order valence-electron chi connectivity index (χ1n) is 7.71. The molecule has 2 aliphatic heterocycles. The number of aromatic nitrogens is 2. The highest BCUT2D eigenvalue weighted by atomic mass is 16.5. The van der Waals surface area contributed by atoms with Crippen LogP contribution < -0.4 is 16.6 Å². The number of ether oxygens (including phenoxy) is 1. The third-order valence-electron chi connectivity index (χ3n) is 4.42. The van der Waals surface area contributed by atoms with Crippen molar-refractivity contribution in [2.24, 2.45) is 0 Å². The molecular weight excluding hydrogens is 310 g/mol. The first-order valence-corrected chi connectivity index (χ1v) is 7.71. The molecule has 1 atom stereocenters. The van der Waals surface area contributed by atoms with Gasteiger partial charge in [-0.15, -0.1) is 0 Å². The Hall–Kier alpha value is -3.09. The molecule has 0 saturated heterocycles. The number of fused-ring (bicyclic) bond motifs is 1. The zero-order chi connectivity index (χ0) is 16.8. The molecule has 0 fully saturated rings. The van der Waals surface area contributed by atoms with Gasteiger partial charge in [-0.05, 0) is 12.5 Å². The van der Waals surface area contributed by atoms with Gasteiger partial charge in [0.05, 0.1) is 22.8 Å². The normalized spacial score (nSPS) is 18.7. The molecule has 0 bridgehead atoms. The fourth-order valence-corrected chi connectivity index (χ4v) is 3.37. The minimum atomic E-state index is -0.561. The first-order chi connectivity index (χ1) is 11.6. The second-order valence-electron chi connectivity index (χ2n) is 5.70. The number of hydrogen-bond acceptors (Lipinski definition) is 5. The van der Waals surface area contributed by atoms with Crippen molar-refractivity contribution in [3.8, 4) is 0 Å². The number of cyclic esters (lactones) is 1. The fourth-order valence-electron chi connectivity index (χ4n) is 3.37. The van der Waals surface area contributed by atoms with Crippen molar-refractivity contribution >= 4 is 11.8 Å². The number of carbonyl (C=O) groups is 1. The second-order valence-corrected chi connectivity index (χ2v) is 5.70. The first kappa shape index (κ1) is 14.5. The fraction of sp³-hybridized carbons (Fsp3) is 0.235. The van der Waals surface area contributed by atoms with Gasteiger partial charge < -0.3 is 10.1 Å². The van der Waals surface area contributed by atoms with Crippen LogP contribution in [0.3, 0.4) is 0 Å². The lowest BCUT2D eigenvalue weighted by Gasteiger charge is -2.27. The third kappa shape index (κ3) is 1.94. The molecule has 1 aromatic heterocycles. The largest absolute Gasteiger partial charge is 0.456 e. The Labute approximate surface area is 136 Å². The average Bonchev–Trinajstić information content (AvgIpc) is 2.95. The Morgan fingerprint density at radius 1 is 1.21 bits per heavy atom. The van der Waals surface area contributed by atoms with Gasteiger partial charge in [0, 0.05) is 6.54 Å². The summed E-state index contributed by atoms with van der Waals surface area (Å²) in [7, 11) is 0. The van der Waals surface area contributed by atoms with Gasteiger partial charge in [-0.1, -0.05) is 30.3 Å². The Morgan fingerprint density at radius 2 is 1.96 bits per heavy atom. The van der Waals surface area contributed by atoms with Gasteiger partial charge in [-0.3, -0.25) is 14.3 Å². The summed E-state index contributed by atoms with van der Waals surface area (Å²) in [5.74, 6) is -0.572. The van der Waals surface area contributed by atoms with Crippen LogP contribution in [0, 0.1) is 0 Å². The molecule has 3 heterocycles. The van der Waals surface area contributed by atoms with Crippen molar-refractivity contribution in [1.29, 1.82) is 0 Å². The third-order valence-corrected chi connectivity index (χ3v) is 4.42. The van der Waals surface area contributed by atoms with E-state index < -0.39 is 23.1 Å². The molecule has 0 saturated carbocycles. The monoisotopic (exact) mass is 325 g/mol. The molecule has 2 N–H and O–H groups in total. The van der Waals surface area contributed by atoms with E-state index in [0.717, 1.165) is 5.56 Å². The van der Waals surface area contributed by atoms with Crippen LogP contribution in [0.2, 0.25) is 0 Å². The molecular formula is C17H15N3O4. The van der Waals surface area contributed by atoms with Crippen molar-refractivity contribution in [3.63, 3.8) is 0 Å². The topological polar surface area (TPSA) is 93.2 Å². The Bertz CT molecular complexity index is 985. The standard InChI is InChI=1S/C17H15N3O4/c1-2-20-14-13(15(21)19-17(20)23)11(9-6-4-3-5-7-9)12-10(18-14)8-24-16(12)22/h3-7,11,18H,2,8H2,1H3,(H,19,21,23)/t11-/m0/s1. The number of H-pyrrole nitrogens is 1. The van der Waals surface area contributed by atoms with Crippen molar-refractivity contribution in [2.45, 2.75) is 19.4 Å². The van der Waals surface area contributed by atoms with Gasteiger partial charge in [0.15, 0.2) is 0 Å². The molecule has 7 nitrogen and oxygen atoms in total. The molecule has 1 aromatic carbocycles. The number of rotatable bonds is 2. The van der Waals surface area contributed by atoms with E-state index in [-0.39, 0.29) is 6.61 Å². The van der Waals surface area contributed by atoms with Crippen molar-refractivity contribution < 1.29 is 9.53 Å². The molecule has 24 heavy (non-hydrogen) atoms. The van der Waals surface area contributed by atoms with Crippen LogP contribution in [0.4, 0.5) is 5.82 Å². The van der Waals surface area contributed by atoms with Gasteiger partial charge in [-0.2, -0.15) is 0 Å². The van der Waals surface area contributed by atoms with Crippen molar-refractivity contribution in [3.05, 3.63) is 73.6 Å². The van der Waals surface area contributed by atoms with Crippen LogP contribution in [0.15, 0.2) is 51.2 Å². The number of nitrogens with one attached hydrogen (secondary N) is 2. The zero-order valence-electron chi connectivity index (χ0n) is 13.0. The summed E-state index contributed by atoms with van der Waals surface area (Å²) in [4.78, 5) is 39.2. The van der Waals surface area contributed by atoms with Gasteiger partial charge in [0.2, 0.25) is 0 Å². The summed E-state index contributed by atoms with van der Waals surface area (Å²) < 4.78 is 6.61. The van der Waals surface area contributed by atoms with Crippen LogP contribution in [-0.2, 0) is 16.1 Å². The lowest BCUT2D eigenvalue weighted by atomic mass is 9.83. The predicted octanol–water partition coefficient (Wildman–Crippen LogP) is 0.925. The smallest absolute Gasteiger partial charge is 0.337 e. The van der Waals surface area contributed by atoms with E-state index in [9.17, 15) is 14.4 Å². The summed E-state index contributed by atoms with van der Waals surface area (Å²) in [6.45, 7) is 2.32. The molecule has 4 rings (SSSR count). The van der Waals surface area contributed by atoms with E-state index in [1.807, 2.05) is 37.3 Å². The molecule has 2 aliphatic rings. The quantitative estimate of drug-likeness (QED) is 0.801. The SMILES string of the molecule is CCn1c2c(c(=O)[nH]c1=O)[C@@H](c1ccccc1)C1=C(COC1=O)N2. The van der Waals surface area contributed by atoms with Crippen LogP contribution in [-0.4, -0.2) is 22.1 Å². The van der Waals surface area contributed by atoms with Gasteiger partial charge in [0.1, 0.15) is 12.4 Å². The van der Waals surface area contributed by atoms with Gasteiger partial charge in [0.25, 0.3) is 5.56 Å². The number of hydrogen-bond donors (Lipinski definition) is 2. The van der Waals surface area contributed by atoms with Gasteiger partial charge in [-0.25, -0.2) is 9.59 Å². The van der Waals surface area contributed by atoms with E-state index in [0.29, 0.717) is 29.2 Å². The van der Waals surface area contributed by atoms with Crippen molar-refractivity contribution in [2.75, 3.05) is 11.9 Å². The highest BCUT2D eigenvalue weighted by Gasteiger charge is 2.41. The van der Waals surface area contributed by atoms with E-state index in [1.54, 1.807) is 0 Å². The molecule has 2 aromatic rings. The number of aromatic amines is 1. The number of nitrogens with zero attached hydrogens (tertiary/aromatic N) is 1. The number of anilines is 1. The molecule has 0 amide bonds. The minimum Gasteiger partial charge on any atom is -0.456 e. The second kappa shape index (κ2) is 5.23. The minimum absolute atomic E-state index is 0.113. The highest BCUT2D eigenvalue weighted by molar-refractivity contribution is 5.96. The molecule has 7 heteroatoms. The molecule has 122 valence electrons. The maximum atomic E-state index is 12.5. The summed E-state index contributed by atoms with van der Waals surface area (Å²) in [6, 6.07) is 9.28. The van der Waals surface area contributed by atoms with Gasteiger partial charge >= 0.3 is 11.7 Å². The lowest BCUT2D eigenvalue weighted by molar-refractivity contribution is -0.136. The summed E-state index contributed by atoms with van der Waals surface area (Å²) in [5, 5.41) is 3.07. The Kier molecular flexibility index (Phi) is 3.16. The average molecular weight is 325 g/mol. The van der Waals surface area contributed by atoms with Crippen LogP contribution in [0.25, 0.3) is 0 Å². The zero-order valence-corrected chi connectivity index (χ0v) is 13.0. The Morgan fingerprint density at radius 3 is 2.67 bits per heavy atom. The summed E-state index contributed by atoms with van der Waals surface area (Å²) >= 11 is 0. The van der Waals surface area contributed by atoms with E-state index >= 15 is 0 Å². The molecule has 0 unspecified atom stereocenters. The van der Waals surface area contributed by atoms with E-state index in [1.165, 1.54) is 4.57 Å². The van der Waals surface area contributed by atoms with E-state index in [4.69, 9.17) is 4.74 Å². The summed E-state index contributed by atoms with van der Waals surface area (Å²) in [5.41, 5.74) is 1.23. The molecule has 0 spiro atoms. The maximum absolute atomic E-state index is 12.5. The maximum Gasteiger partial charge on any atom is 0.337 e. The highest BCUT2D eigenvalue weighted by Crippen LogP contribution is 2.41. The predicted molar refractivity (Wildman–Crippen MR) is 86.9 cm³/mol. The number of carbonyl (C=O) groups excluding carboxylic acids is 1. The van der Waals surface area contributed by atoms with Crippen molar-refractivity contribution in [1.82, 2.24) is 9.55 Å². The van der Waals surface area contributed by atoms with Crippen LogP contribution in [0.5, 0.6) is 0 Å². The molecule has 0 radical (unpaired) electrons. The van der Waals surface area contributed by atoms with E-state index in [2.05, 4.69) is 10.3 Å². The molecule has 0 aliphatic carbocycles. The van der Waals surface area contributed by atoms with Crippen LogP contribution in [0.1, 0.15) is 24.0 Å². The summed E-state index contributed by atoms with van der Waals surface area (Å²) in [6.07, 6.45) is 0. The lowest BCUT2D eigenvalue weighted by Crippen LogP contribution is -2.38. The number of benzene rings is 1. The number of esters is 1. The Balaban J connectivity index is 2.07.